The maximum Gasteiger partial charge on any atom is 0.346 e. The first-order valence-electron chi connectivity index (χ1n) is 5.18. The predicted molar refractivity (Wildman–Crippen MR) is 64.0 cm³/mol. The number of carbonyl (C=O) groups is 1. The Morgan fingerprint density at radius 3 is 2.71 bits per heavy atom. The van der Waals surface area contributed by atoms with E-state index in [-0.39, 0.29) is 5.00 Å². The van der Waals surface area contributed by atoms with Gasteiger partial charge in [-0.25, -0.2) is 4.79 Å². The summed E-state index contributed by atoms with van der Waals surface area (Å²) in [5.41, 5.74) is 0.519. The van der Waals surface area contributed by atoms with E-state index in [2.05, 4.69) is 10.3 Å². The maximum absolute atomic E-state index is 11.3. The Morgan fingerprint density at radius 1 is 1.59 bits per heavy atom. The monoisotopic (exact) mass is 258 g/mol. The lowest BCUT2D eigenvalue weighted by molar-refractivity contribution is -0.381. The second-order valence-corrected chi connectivity index (χ2v) is 4.18. The highest BCUT2D eigenvalue weighted by atomic mass is 32.1. The van der Waals surface area contributed by atoms with Gasteiger partial charge in [0.15, 0.2) is 0 Å². The predicted octanol–water partition coefficient (Wildman–Crippen LogP) is 1.42. The van der Waals surface area contributed by atoms with Gasteiger partial charge in [0.25, 0.3) is 0 Å². The molecule has 0 unspecified atom stereocenters. The van der Waals surface area contributed by atoms with Gasteiger partial charge in [0.1, 0.15) is 5.69 Å². The van der Waals surface area contributed by atoms with Crippen LogP contribution in [0.4, 0.5) is 9.80 Å². The zero-order chi connectivity index (χ0) is 13.0. The SMILES string of the molecule is CCNC(=O)/N=c1\sc([N+](=O)[O-])c(C)n1CC. The minimum Gasteiger partial charge on any atom is -0.336 e. The van der Waals surface area contributed by atoms with E-state index in [9.17, 15) is 14.9 Å². The summed E-state index contributed by atoms with van der Waals surface area (Å²) in [6, 6.07) is -0.481. The van der Waals surface area contributed by atoms with Crippen LogP contribution in [0.3, 0.4) is 0 Å². The zero-order valence-corrected chi connectivity index (χ0v) is 10.7. The molecule has 0 saturated heterocycles. The molecule has 1 rings (SSSR count). The molecule has 0 atom stereocenters. The van der Waals surface area contributed by atoms with Crippen LogP contribution in [0.15, 0.2) is 4.99 Å². The van der Waals surface area contributed by atoms with Crippen molar-refractivity contribution in [3.05, 3.63) is 20.6 Å². The molecule has 1 aromatic rings. The van der Waals surface area contributed by atoms with Crippen molar-refractivity contribution in [1.82, 2.24) is 9.88 Å². The van der Waals surface area contributed by atoms with Gasteiger partial charge >= 0.3 is 11.0 Å². The van der Waals surface area contributed by atoms with Gasteiger partial charge < -0.3 is 9.88 Å². The number of hydrogen-bond acceptors (Lipinski definition) is 4. The Bertz CT molecular complexity index is 503. The van der Waals surface area contributed by atoms with Gasteiger partial charge in [-0.3, -0.25) is 10.1 Å². The normalized spacial score (nSPS) is 11.6. The molecule has 0 aliphatic rings. The first kappa shape index (κ1) is 13.4. The van der Waals surface area contributed by atoms with Crippen LogP contribution in [0.2, 0.25) is 0 Å². The highest BCUT2D eigenvalue weighted by Crippen LogP contribution is 2.20. The van der Waals surface area contributed by atoms with Crippen LogP contribution in [-0.2, 0) is 6.54 Å². The fourth-order valence-corrected chi connectivity index (χ4v) is 2.39. The molecule has 7 nitrogen and oxygen atoms in total. The maximum atomic E-state index is 11.3. The summed E-state index contributed by atoms with van der Waals surface area (Å²) in [5.74, 6) is 0. The lowest BCUT2D eigenvalue weighted by Gasteiger charge is -1.99. The molecular formula is C9H14N4O3S. The third kappa shape index (κ3) is 2.90. The van der Waals surface area contributed by atoms with E-state index in [1.165, 1.54) is 0 Å². The number of nitrogens with zero attached hydrogens (tertiary/aromatic N) is 3. The van der Waals surface area contributed by atoms with Crippen molar-refractivity contribution in [2.24, 2.45) is 4.99 Å². The van der Waals surface area contributed by atoms with Crippen molar-refractivity contribution in [2.75, 3.05) is 6.54 Å². The number of aromatic nitrogens is 1. The Balaban J connectivity index is 3.29. The summed E-state index contributed by atoms with van der Waals surface area (Å²) < 4.78 is 1.65. The molecule has 2 amide bonds. The van der Waals surface area contributed by atoms with E-state index in [0.29, 0.717) is 23.6 Å². The van der Waals surface area contributed by atoms with Gasteiger partial charge in [0.2, 0.25) is 4.80 Å². The number of rotatable bonds is 3. The van der Waals surface area contributed by atoms with E-state index >= 15 is 0 Å². The lowest BCUT2D eigenvalue weighted by Crippen LogP contribution is -2.24. The van der Waals surface area contributed by atoms with Crippen LogP contribution < -0.4 is 10.1 Å². The smallest absolute Gasteiger partial charge is 0.336 e. The van der Waals surface area contributed by atoms with Gasteiger partial charge in [-0.05, 0) is 32.1 Å². The fourth-order valence-electron chi connectivity index (χ4n) is 1.38. The summed E-state index contributed by atoms with van der Waals surface area (Å²) in [4.78, 5) is 25.8. The van der Waals surface area contributed by atoms with Gasteiger partial charge in [-0.1, -0.05) is 0 Å². The number of amides is 2. The average Bonchev–Trinajstić information content (AvgIpc) is 2.55. The molecule has 0 aliphatic carbocycles. The van der Waals surface area contributed by atoms with Crippen molar-refractivity contribution in [3.63, 3.8) is 0 Å². The summed E-state index contributed by atoms with van der Waals surface area (Å²) in [6.45, 7) is 6.29. The number of thiazole rings is 1. The van der Waals surface area contributed by atoms with Gasteiger partial charge in [0, 0.05) is 13.1 Å². The molecule has 1 aromatic heterocycles. The minimum absolute atomic E-state index is 0.0231. The van der Waals surface area contributed by atoms with Crippen LogP contribution in [-0.4, -0.2) is 22.1 Å². The molecule has 0 bridgehead atoms. The number of nitrogens with one attached hydrogen (secondary N) is 1. The standard InChI is InChI=1S/C9H14N4O3S/c1-4-10-8(14)11-9-12(5-2)6(3)7(17-9)13(15)16/h4-5H2,1-3H3,(H,10,14)/b11-9-. The highest BCUT2D eigenvalue weighted by molar-refractivity contribution is 7.12. The van der Waals surface area contributed by atoms with Gasteiger partial charge in [0.05, 0.1) is 4.92 Å². The second kappa shape index (κ2) is 5.58. The fraction of sp³-hybridized carbons (Fsp3) is 0.556. The zero-order valence-electron chi connectivity index (χ0n) is 9.89. The number of hydrogen-bond donors (Lipinski definition) is 1. The van der Waals surface area contributed by atoms with Gasteiger partial charge in [-0.2, -0.15) is 4.99 Å². The lowest BCUT2D eigenvalue weighted by atomic mass is 10.5. The largest absolute Gasteiger partial charge is 0.346 e. The molecule has 0 radical (unpaired) electrons. The first-order valence-corrected chi connectivity index (χ1v) is 6.00. The number of urea groups is 1. The summed E-state index contributed by atoms with van der Waals surface area (Å²) in [7, 11) is 0. The van der Waals surface area contributed by atoms with Gasteiger partial charge in [-0.15, -0.1) is 0 Å². The summed E-state index contributed by atoms with van der Waals surface area (Å²) >= 11 is 0.909. The average molecular weight is 258 g/mol. The van der Waals surface area contributed by atoms with Crippen molar-refractivity contribution >= 4 is 22.4 Å². The summed E-state index contributed by atoms with van der Waals surface area (Å²) in [6.07, 6.45) is 0. The van der Waals surface area contributed by atoms with E-state index in [1.807, 2.05) is 6.92 Å². The Morgan fingerprint density at radius 2 is 2.24 bits per heavy atom. The van der Waals surface area contributed by atoms with E-state index < -0.39 is 11.0 Å². The molecule has 0 saturated carbocycles. The Hall–Kier alpha value is -1.70. The van der Waals surface area contributed by atoms with E-state index in [1.54, 1.807) is 18.4 Å². The molecular weight excluding hydrogens is 244 g/mol. The number of nitro groups is 1. The molecule has 0 spiro atoms. The number of carbonyl (C=O) groups excluding carboxylic acids is 1. The van der Waals surface area contributed by atoms with Crippen molar-refractivity contribution in [1.29, 1.82) is 0 Å². The topological polar surface area (TPSA) is 89.5 Å². The molecule has 8 heteroatoms. The quantitative estimate of drug-likeness (QED) is 0.656. The van der Waals surface area contributed by atoms with E-state index in [4.69, 9.17) is 0 Å². The molecule has 1 heterocycles. The highest BCUT2D eigenvalue weighted by Gasteiger charge is 2.18. The second-order valence-electron chi connectivity index (χ2n) is 3.22. The van der Waals surface area contributed by atoms with Crippen LogP contribution in [0, 0.1) is 17.0 Å². The molecule has 0 aliphatic heterocycles. The third-order valence-electron chi connectivity index (χ3n) is 2.14. The molecule has 17 heavy (non-hydrogen) atoms. The van der Waals surface area contributed by atoms with Crippen LogP contribution >= 0.6 is 11.3 Å². The molecule has 0 aromatic carbocycles. The Kier molecular flexibility index (Phi) is 4.38. The molecule has 0 fully saturated rings. The third-order valence-corrected chi connectivity index (χ3v) is 3.27. The summed E-state index contributed by atoms with van der Waals surface area (Å²) in [5, 5.41) is 13.3. The Labute approximate surface area is 102 Å². The molecule has 1 N–H and O–H groups in total. The van der Waals surface area contributed by atoms with E-state index in [0.717, 1.165) is 11.3 Å². The van der Waals surface area contributed by atoms with Crippen molar-refractivity contribution < 1.29 is 9.72 Å². The van der Waals surface area contributed by atoms with Crippen LogP contribution in [0.5, 0.6) is 0 Å². The first-order chi connectivity index (χ1) is 8.01. The van der Waals surface area contributed by atoms with Crippen LogP contribution in [0.25, 0.3) is 0 Å². The van der Waals surface area contributed by atoms with Crippen molar-refractivity contribution in [2.45, 2.75) is 27.3 Å². The molecule has 94 valence electrons. The minimum atomic E-state index is -0.481. The van der Waals surface area contributed by atoms with Crippen molar-refractivity contribution in [3.8, 4) is 0 Å². The van der Waals surface area contributed by atoms with Crippen LogP contribution in [0.1, 0.15) is 19.5 Å².